The first-order chi connectivity index (χ1) is 8.72. The maximum Gasteiger partial charge on any atom is 0.126 e. The SMILES string of the molecule is Fc1ccc(Br)cc1Cc1cc2ccccc2s1. The van der Waals surface area contributed by atoms with Gasteiger partial charge < -0.3 is 0 Å². The molecule has 0 bridgehead atoms. The molecule has 0 spiro atoms. The first-order valence-corrected chi connectivity index (χ1v) is 7.25. The summed E-state index contributed by atoms with van der Waals surface area (Å²) < 4.78 is 15.9. The lowest BCUT2D eigenvalue weighted by atomic mass is 10.1. The number of thiophene rings is 1. The lowest BCUT2D eigenvalue weighted by Crippen LogP contribution is -1.90. The van der Waals surface area contributed by atoms with Gasteiger partial charge in [-0.25, -0.2) is 4.39 Å². The van der Waals surface area contributed by atoms with Crippen molar-refractivity contribution in [3.05, 3.63) is 69.3 Å². The van der Waals surface area contributed by atoms with Crippen LogP contribution in [0.3, 0.4) is 0 Å². The van der Waals surface area contributed by atoms with Gasteiger partial charge in [0.05, 0.1) is 0 Å². The Morgan fingerprint density at radius 2 is 1.89 bits per heavy atom. The highest BCUT2D eigenvalue weighted by atomic mass is 79.9. The average molecular weight is 321 g/mol. The van der Waals surface area contributed by atoms with Gasteiger partial charge in [0.1, 0.15) is 5.82 Å². The molecule has 1 aromatic heterocycles. The Bertz CT molecular complexity index is 670. The van der Waals surface area contributed by atoms with E-state index < -0.39 is 0 Å². The van der Waals surface area contributed by atoms with Gasteiger partial charge in [0.15, 0.2) is 0 Å². The van der Waals surface area contributed by atoms with Crippen LogP contribution in [0.15, 0.2) is 53.0 Å². The highest BCUT2D eigenvalue weighted by molar-refractivity contribution is 9.10. The molecule has 2 aromatic carbocycles. The molecule has 0 aliphatic rings. The quantitative estimate of drug-likeness (QED) is 0.593. The molecule has 0 atom stereocenters. The lowest BCUT2D eigenvalue weighted by molar-refractivity contribution is 0.614. The van der Waals surface area contributed by atoms with Gasteiger partial charge in [0.2, 0.25) is 0 Å². The van der Waals surface area contributed by atoms with Crippen molar-refractivity contribution in [1.82, 2.24) is 0 Å². The zero-order chi connectivity index (χ0) is 12.5. The fourth-order valence-corrected chi connectivity index (χ4v) is 3.49. The summed E-state index contributed by atoms with van der Waals surface area (Å²) in [5.74, 6) is -0.143. The van der Waals surface area contributed by atoms with Crippen molar-refractivity contribution in [3.63, 3.8) is 0 Å². The van der Waals surface area contributed by atoms with Gasteiger partial charge in [-0.2, -0.15) is 0 Å². The number of halogens is 2. The van der Waals surface area contributed by atoms with E-state index >= 15 is 0 Å². The molecule has 0 radical (unpaired) electrons. The Hall–Kier alpha value is -1.19. The van der Waals surface area contributed by atoms with E-state index in [1.54, 1.807) is 17.4 Å². The summed E-state index contributed by atoms with van der Waals surface area (Å²) in [5, 5.41) is 1.23. The van der Waals surface area contributed by atoms with Crippen LogP contribution < -0.4 is 0 Å². The van der Waals surface area contributed by atoms with Gasteiger partial charge in [-0.15, -0.1) is 11.3 Å². The van der Waals surface area contributed by atoms with Crippen molar-refractivity contribution in [3.8, 4) is 0 Å². The van der Waals surface area contributed by atoms with E-state index in [0.29, 0.717) is 6.42 Å². The molecule has 1 heterocycles. The fraction of sp³-hybridized carbons (Fsp3) is 0.0667. The maximum atomic E-state index is 13.7. The highest BCUT2D eigenvalue weighted by Gasteiger charge is 2.07. The third kappa shape index (κ3) is 2.33. The van der Waals surface area contributed by atoms with Crippen LogP contribution in [-0.2, 0) is 6.42 Å². The number of hydrogen-bond donors (Lipinski definition) is 0. The minimum absolute atomic E-state index is 0.143. The van der Waals surface area contributed by atoms with E-state index in [-0.39, 0.29) is 5.82 Å². The van der Waals surface area contributed by atoms with Crippen LogP contribution in [0.1, 0.15) is 10.4 Å². The van der Waals surface area contributed by atoms with Crippen LogP contribution in [0.25, 0.3) is 10.1 Å². The summed E-state index contributed by atoms with van der Waals surface area (Å²) in [6, 6.07) is 15.5. The van der Waals surface area contributed by atoms with Crippen LogP contribution in [0.5, 0.6) is 0 Å². The third-order valence-electron chi connectivity index (χ3n) is 2.85. The van der Waals surface area contributed by atoms with Crippen LogP contribution >= 0.6 is 27.3 Å². The van der Waals surface area contributed by atoms with Gasteiger partial charge >= 0.3 is 0 Å². The summed E-state index contributed by atoms with van der Waals surface area (Å²) in [4.78, 5) is 1.19. The van der Waals surface area contributed by atoms with Gasteiger partial charge in [-0.1, -0.05) is 34.1 Å². The number of fused-ring (bicyclic) bond motifs is 1. The molecule has 0 nitrogen and oxygen atoms in total. The van der Waals surface area contributed by atoms with Crippen LogP contribution in [-0.4, -0.2) is 0 Å². The minimum atomic E-state index is -0.143. The van der Waals surface area contributed by atoms with Crippen LogP contribution in [0, 0.1) is 5.82 Å². The second kappa shape index (κ2) is 4.82. The summed E-state index contributed by atoms with van der Waals surface area (Å²) >= 11 is 5.11. The first-order valence-electron chi connectivity index (χ1n) is 5.64. The standard InChI is InChI=1S/C15H10BrFS/c16-12-5-6-14(17)11(7-12)9-13-8-10-3-1-2-4-15(10)18-13/h1-8H,9H2. The molecule has 0 fully saturated rings. The molecule has 18 heavy (non-hydrogen) atoms. The number of benzene rings is 2. The van der Waals surface area contributed by atoms with Crippen molar-refractivity contribution >= 4 is 37.4 Å². The fourth-order valence-electron chi connectivity index (χ4n) is 1.99. The molecule has 3 aromatic rings. The second-order valence-electron chi connectivity index (χ2n) is 4.16. The highest BCUT2D eigenvalue weighted by Crippen LogP contribution is 2.28. The third-order valence-corrected chi connectivity index (χ3v) is 4.46. The predicted molar refractivity (Wildman–Crippen MR) is 78.7 cm³/mol. The molecule has 3 heteroatoms. The summed E-state index contributed by atoms with van der Waals surface area (Å²) in [5.41, 5.74) is 0.732. The van der Waals surface area contributed by atoms with Crippen LogP contribution in [0.4, 0.5) is 4.39 Å². The van der Waals surface area contributed by atoms with Crippen molar-refractivity contribution in [1.29, 1.82) is 0 Å². The zero-order valence-electron chi connectivity index (χ0n) is 9.49. The minimum Gasteiger partial charge on any atom is -0.207 e. The largest absolute Gasteiger partial charge is 0.207 e. The van der Waals surface area contributed by atoms with Crippen molar-refractivity contribution < 1.29 is 4.39 Å². The van der Waals surface area contributed by atoms with E-state index in [2.05, 4.69) is 34.1 Å². The number of rotatable bonds is 2. The molecule has 0 aliphatic heterocycles. The first kappa shape index (κ1) is 11.9. The van der Waals surface area contributed by atoms with E-state index in [1.165, 1.54) is 21.0 Å². The van der Waals surface area contributed by atoms with E-state index in [0.717, 1.165) is 10.0 Å². The van der Waals surface area contributed by atoms with Gasteiger partial charge in [-0.05, 0) is 41.3 Å². The molecule has 3 rings (SSSR count). The van der Waals surface area contributed by atoms with E-state index in [4.69, 9.17) is 0 Å². The molecular formula is C15H10BrFS. The summed E-state index contributed by atoms with van der Waals surface area (Å²) in [6.07, 6.45) is 0.643. The molecular weight excluding hydrogens is 311 g/mol. The maximum absolute atomic E-state index is 13.7. The van der Waals surface area contributed by atoms with E-state index in [9.17, 15) is 4.39 Å². The lowest BCUT2D eigenvalue weighted by Gasteiger charge is -2.01. The Morgan fingerprint density at radius 3 is 2.72 bits per heavy atom. The molecule has 0 amide bonds. The molecule has 0 N–H and O–H groups in total. The summed E-state index contributed by atoms with van der Waals surface area (Å²) in [7, 11) is 0. The molecule has 0 aliphatic carbocycles. The number of hydrogen-bond acceptors (Lipinski definition) is 1. The predicted octanol–water partition coefficient (Wildman–Crippen LogP) is 5.39. The van der Waals surface area contributed by atoms with E-state index in [1.807, 2.05) is 18.2 Å². The second-order valence-corrected chi connectivity index (χ2v) is 6.25. The Balaban J connectivity index is 1.98. The molecule has 0 unspecified atom stereocenters. The zero-order valence-corrected chi connectivity index (χ0v) is 11.9. The Labute approximate surface area is 117 Å². The van der Waals surface area contributed by atoms with Gasteiger partial charge in [0, 0.05) is 20.5 Å². The Morgan fingerprint density at radius 1 is 1.06 bits per heavy atom. The van der Waals surface area contributed by atoms with Crippen molar-refractivity contribution in [2.45, 2.75) is 6.42 Å². The molecule has 90 valence electrons. The Kier molecular flexibility index (Phi) is 3.18. The van der Waals surface area contributed by atoms with Gasteiger partial charge in [0.25, 0.3) is 0 Å². The smallest absolute Gasteiger partial charge is 0.126 e. The summed E-state index contributed by atoms with van der Waals surface area (Å²) in [6.45, 7) is 0. The molecule has 0 saturated carbocycles. The van der Waals surface area contributed by atoms with Crippen molar-refractivity contribution in [2.75, 3.05) is 0 Å². The topological polar surface area (TPSA) is 0 Å². The van der Waals surface area contributed by atoms with Crippen LogP contribution in [0.2, 0.25) is 0 Å². The average Bonchev–Trinajstić information content (AvgIpc) is 2.76. The normalized spacial score (nSPS) is 11.0. The monoisotopic (exact) mass is 320 g/mol. The van der Waals surface area contributed by atoms with Crippen molar-refractivity contribution in [2.24, 2.45) is 0 Å². The van der Waals surface area contributed by atoms with Gasteiger partial charge in [-0.3, -0.25) is 0 Å². The molecule has 0 saturated heterocycles.